The van der Waals surface area contributed by atoms with E-state index in [4.69, 9.17) is 9.47 Å². The fourth-order valence-electron chi connectivity index (χ4n) is 3.35. The molecule has 2 N–H and O–H groups in total. The summed E-state index contributed by atoms with van der Waals surface area (Å²) in [5, 5.41) is 3.72. The molecule has 8 nitrogen and oxygen atoms in total. The molecule has 0 radical (unpaired) electrons. The van der Waals surface area contributed by atoms with Gasteiger partial charge < -0.3 is 14.8 Å². The van der Waals surface area contributed by atoms with Crippen molar-refractivity contribution < 1.29 is 28.2 Å². The summed E-state index contributed by atoms with van der Waals surface area (Å²) in [5.74, 6) is -1.48. The van der Waals surface area contributed by atoms with Gasteiger partial charge in [-0.15, -0.1) is 0 Å². The number of methoxy groups -OCH3 is 1. The van der Waals surface area contributed by atoms with Gasteiger partial charge in [0, 0.05) is 5.69 Å². The van der Waals surface area contributed by atoms with Crippen LogP contribution in [-0.4, -0.2) is 31.4 Å². The molecule has 1 heterocycles. The van der Waals surface area contributed by atoms with E-state index in [9.17, 15) is 18.8 Å². The van der Waals surface area contributed by atoms with Crippen LogP contribution in [-0.2, 0) is 14.4 Å². The second-order valence-electron chi connectivity index (χ2n) is 7.36. The Hall–Kier alpha value is -4.18. The molecule has 1 fully saturated rings. The topological polar surface area (TPSA) is 97.0 Å². The highest BCUT2D eigenvalue weighted by atomic mass is 79.9. The first kappa shape index (κ1) is 24.0. The molecule has 3 aromatic rings. The minimum atomic E-state index is -0.539. The Balaban J connectivity index is 1.50. The van der Waals surface area contributed by atoms with E-state index in [1.54, 1.807) is 48.5 Å². The second-order valence-corrected chi connectivity index (χ2v) is 8.21. The maximum absolute atomic E-state index is 13.3. The Morgan fingerprint density at radius 3 is 2.60 bits per heavy atom. The van der Waals surface area contributed by atoms with Crippen LogP contribution >= 0.6 is 15.9 Å². The molecule has 1 aliphatic rings. The molecule has 178 valence electrons. The first-order valence-corrected chi connectivity index (χ1v) is 11.1. The van der Waals surface area contributed by atoms with Gasteiger partial charge in [-0.25, -0.2) is 9.40 Å². The van der Waals surface area contributed by atoms with Crippen molar-refractivity contribution in [2.24, 2.45) is 0 Å². The third kappa shape index (κ3) is 5.49. The van der Waals surface area contributed by atoms with E-state index in [2.05, 4.69) is 26.7 Å². The van der Waals surface area contributed by atoms with Crippen molar-refractivity contribution in [3.8, 4) is 11.5 Å². The minimum Gasteiger partial charge on any atom is -0.493 e. The zero-order valence-corrected chi connectivity index (χ0v) is 20.0. The number of hydrogen-bond acceptors (Lipinski definition) is 5. The maximum atomic E-state index is 13.3. The van der Waals surface area contributed by atoms with E-state index < -0.39 is 23.5 Å². The van der Waals surface area contributed by atoms with Crippen molar-refractivity contribution in [1.82, 2.24) is 5.43 Å². The van der Waals surface area contributed by atoms with E-state index in [0.717, 1.165) is 0 Å². The Morgan fingerprint density at radius 1 is 1.11 bits per heavy atom. The van der Waals surface area contributed by atoms with Gasteiger partial charge in [-0.2, -0.15) is 0 Å². The first-order valence-electron chi connectivity index (χ1n) is 10.3. The van der Waals surface area contributed by atoms with Gasteiger partial charge in [0.15, 0.2) is 18.1 Å². The summed E-state index contributed by atoms with van der Waals surface area (Å²) in [5.41, 5.74) is 3.83. The zero-order valence-electron chi connectivity index (χ0n) is 18.4. The molecule has 0 bridgehead atoms. The van der Waals surface area contributed by atoms with Crippen LogP contribution in [0, 0.1) is 5.82 Å². The Kier molecular flexibility index (Phi) is 7.11. The molecule has 1 saturated heterocycles. The number of amides is 3. The predicted molar refractivity (Wildman–Crippen MR) is 131 cm³/mol. The number of carbonyl (C=O) groups is 3. The molecule has 3 aromatic carbocycles. The summed E-state index contributed by atoms with van der Waals surface area (Å²) in [6.45, 7) is -0.362. The van der Waals surface area contributed by atoms with Crippen molar-refractivity contribution in [3.05, 3.63) is 88.2 Å². The predicted octanol–water partition coefficient (Wildman–Crippen LogP) is 4.08. The number of hydrazine groups is 1. The normalized spacial score (nSPS) is 14.1. The van der Waals surface area contributed by atoms with Gasteiger partial charge in [-0.05, 0) is 70.0 Å². The van der Waals surface area contributed by atoms with Crippen molar-refractivity contribution in [3.63, 3.8) is 0 Å². The largest absolute Gasteiger partial charge is 0.493 e. The fraction of sp³-hybridized carbons (Fsp3) is 0.0800. The quantitative estimate of drug-likeness (QED) is 0.348. The van der Waals surface area contributed by atoms with Crippen molar-refractivity contribution in [2.45, 2.75) is 0 Å². The fourth-order valence-corrected chi connectivity index (χ4v) is 3.92. The summed E-state index contributed by atoms with van der Waals surface area (Å²) in [6.07, 6.45) is 1.44. The number of para-hydroxylation sites is 1. The van der Waals surface area contributed by atoms with Gasteiger partial charge in [-0.3, -0.25) is 19.8 Å². The van der Waals surface area contributed by atoms with Crippen molar-refractivity contribution in [1.29, 1.82) is 0 Å². The van der Waals surface area contributed by atoms with E-state index in [-0.39, 0.29) is 23.7 Å². The molecule has 0 unspecified atom stereocenters. The van der Waals surface area contributed by atoms with Crippen LogP contribution < -0.4 is 25.2 Å². The molecule has 0 aliphatic carbocycles. The number of rotatable bonds is 7. The van der Waals surface area contributed by atoms with Crippen LogP contribution in [0.3, 0.4) is 0 Å². The number of benzene rings is 3. The van der Waals surface area contributed by atoms with Crippen LogP contribution in [0.1, 0.15) is 5.56 Å². The van der Waals surface area contributed by atoms with Crippen LogP contribution in [0.2, 0.25) is 0 Å². The van der Waals surface area contributed by atoms with Crippen molar-refractivity contribution >= 4 is 51.1 Å². The van der Waals surface area contributed by atoms with Gasteiger partial charge in [0.1, 0.15) is 11.4 Å². The highest BCUT2D eigenvalue weighted by Crippen LogP contribution is 2.37. The molecule has 35 heavy (non-hydrogen) atoms. The van der Waals surface area contributed by atoms with Crippen molar-refractivity contribution in [2.75, 3.05) is 24.0 Å². The molecule has 4 rings (SSSR count). The molecule has 1 aliphatic heterocycles. The smallest absolute Gasteiger partial charge is 0.282 e. The lowest BCUT2D eigenvalue weighted by Gasteiger charge is -2.14. The number of anilines is 2. The third-order valence-corrected chi connectivity index (χ3v) is 5.51. The maximum Gasteiger partial charge on any atom is 0.282 e. The lowest BCUT2D eigenvalue weighted by atomic mass is 10.1. The summed E-state index contributed by atoms with van der Waals surface area (Å²) in [6, 6.07) is 17.4. The zero-order chi connectivity index (χ0) is 24.9. The lowest BCUT2D eigenvalue weighted by Crippen LogP contribution is -2.35. The van der Waals surface area contributed by atoms with E-state index in [1.807, 2.05) is 0 Å². The Bertz CT molecular complexity index is 1330. The summed E-state index contributed by atoms with van der Waals surface area (Å²) < 4.78 is 24.7. The number of ether oxygens (including phenoxy) is 2. The Morgan fingerprint density at radius 2 is 1.89 bits per heavy atom. The molecule has 0 atom stereocenters. The minimum absolute atomic E-state index is 0.0501. The third-order valence-electron chi connectivity index (χ3n) is 4.92. The van der Waals surface area contributed by atoms with Crippen LogP contribution in [0.4, 0.5) is 15.8 Å². The molecular formula is C25H19BrFN3O5. The number of hydrogen-bond donors (Lipinski definition) is 2. The van der Waals surface area contributed by atoms with E-state index in [0.29, 0.717) is 21.4 Å². The second kappa shape index (κ2) is 10.4. The monoisotopic (exact) mass is 539 g/mol. The van der Waals surface area contributed by atoms with Gasteiger partial charge >= 0.3 is 0 Å². The highest BCUT2D eigenvalue weighted by molar-refractivity contribution is 9.10. The SMILES string of the molecule is COc1cc(/C=C2/C(=O)NN(c3ccccc3)C2=O)cc(Br)c1OCC(=O)Nc1cccc(F)c1. The molecular weight excluding hydrogens is 521 g/mol. The number of nitrogens with zero attached hydrogens (tertiary/aromatic N) is 1. The average molecular weight is 540 g/mol. The lowest BCUT2D eigenvalue weighted by molar-refractivity contribution is -0.118. The van der Waals surface area contributed by atoms with Crippen LogP contribution in [0.25, 0.3) is 6.08 Å². The summed E-state index contributed by atoms with van der Waals surface area (Å²) in [4.78, 5) is 37.5. The molecule has 10 heteroatoms. The van der Waals surface area contributed by atoms with E-state index in [1.165, 1.54) is 36.4 Å². The van der Waals surface area contributed by atoms with Gasteiger partial charge in [0.2, 0.25) is 0 Å². The highest BCUT2D eigenvalue weighted by Gasteiger charge is 2.34. The standard InChI is InChI=1S/C25H19BrFN3O5/c1-34-21-12-15(10-19-24(32)29-30(25(19)33)18-8-3-2-4-9-18)11-20(26)23(21)35-14-22(31)28-17-7-5-6-16(27)13-17/h2-13H,14H2,1H3,(H,28,31)(H,29,32)/b19-10-. The summed E-state index contributed by atoms with van der Waals surface area (Å²) in [7, 11) is 1.42. The summed E-state index contributed by atoms with van der Waals surface area (Å²) >= 11 is 3.38. The number of carbonyl (C=O) groups excluding carboxylic acids is 3. The molecule has 0 aromatic heterocycles. The van der Waals surface area contributed by atoms with Gasteiger partial charge in [0.05, 0.1) is 17.3 Å². The molecule has 0 saturated carbocycles. The molecule has 0 spiro atoms. The number of nitrogens with one attached hydrogen (secondary N) is 2. The Labute approximate surface area is 208 Å². The average Bonchev–Trinajstić information content (AvgIpc) is 3.12. The first-order chi connectivity index (χ1) is 16.9. The van der Waals surface area contributed by atoms with Gasteiger partial charge in [0.25, 0.3) is 17.7 Å². The number of halogens is 2. The molecule has 3 amide bonds. The van der Waals surface area contributed by atoms with Crippen LogP contribution in [0.5, 0.6) is 11.5 Å². The van der Waals surface area contributed by atoms with E-state index >= 15 is 0 Å². The van der Waals surface area contributed by atoms with Gasteiger partial charge in [-0.1, -0.05) is 24.3 Å². The van der Waals surface area contributed by atoms with Crippen LogP contribution in [0.15, 0.2) is 76.8 Å².